The molecule has 1 aliphatic heterocycles. The van der Waals surface area contributed by atoms with Crippen LogP contribution in [0.2, 0.25) is 0 Å². The van der Waals surface area contributed by atoms with Crippen molar-refractivity contribution in [1.82, 2.24) is 0 Å². The van der Waals surface area contributed by atoms with E-state index in [9.17, 15) is 14.7 Å². The van der Waals surface area contributed by atoms with Gasteiger partial charge in [-0.25, -0.2) is 0 Å². The number of carbonyl (C=O) groups is 2. The molecule has 0 atom stereocenters. The van der Waals surface area contributed by atoms with E-state index in [1.54, 1.807) is 39.8 Å². The van der Waals surface area contributed by atoms with Crippen molar-refractivity contribution in [2.24, 2.45) is 0 Å². The summed E-state index contributed by atoms with van der Waals surface area (Å²) in [6, 6.07) is 5.05. The first-order valence-electron chi connectivity index (χ1n) is 7.75. The lowest BCUT2D eigenvalue weighted by atomic mass is 9.73. The van der Waals surface area contributed by atoms with Gasteiger partial charge in [-0.3, -0.25) is 9.59 Å². The summed E-state index contributed by atoms with van der Waals surface area (Å²) >= 11 is 0. The fourth-order valence-corrected chi connectivity index (χ4v) is 3.41. The highest BCUT2D eigenvalue weighted by molar-refractivity contribution is 6.15. The number of phenolic OH excluding ortho intramolecular Hbond substituents is 1. The molecule has 1 saturated heterocycles. The molecule has 0 spiro atoms. The largest absolute Gasteiger partial charge is 0.508 e. The minimum atomic E-state index is -1.02. The van der Waals surface area contributed by atoms with Crippen LogP contribution in [0.15, 0.2) is 18.2 Å². The van der Waals surface area contributed by atoms with E-state index in [2.05, 4.69) is 0 Å². The number of Topliss-reactive ketones (excluding diaryl/α,β-unsaturated/α-hetero) is 2. The number of rotatable bonds is 2. The molecule has 1 saturated carbocycles. The summed E-state index contributed by atoms with van der Waals surface area (Å²) in [6.45, 7) is 6.82. The normalized spacial score (nSPS) is 24.5. The van der Waals surface area contributed by atoms with Crippen LogP contribution in [0.5, 0.6) is 5.75 Å². The topological polar surface area (TPSA) is 63.6 Å². The Balaban J connectivity index is 2.14. The molecular weight excluding hydrogens is 280 g/mol. The summed E-state index contributed by atoms with van der Waals surface area (Å²) < 4.78 is 5.72. The van der Waals surface area contributed by atoms with Gasteiger partial charge in [-0.2, -0.15) is 0 Å². The van der Waals surface area contributed by atoms with Gasteiger partial charge in [0, 0.05) is 0 Å². The van der Waals surface area contributed by atoms with E-state index < -0.39 is 17.1 Å². The Morgan fingerprint density at radius 1 is 1.00 bits per heavy atom. The molecule has 3 rings (SSSR count). The van der Waals surface area contributed by atoms with Crippen molar-refractivity contribution < 1.29 is 19.4 Å². The molecule has 0 aromatic heterocycles. The van der Waals surface area contributed by atoms with Gasteiger partial charge >= 0.3 is 0 Å². The van der Waals surface area contributed by atoms with Gasteiger partial charge in [-0.15, -0.1) is 0 Å². The van der Waals surface area contributed by atoms with E-state index >= 15 is 0 Å². The van der Waals surface area contributed by atoms with E-state index in [4.69, 9.17) is 4.74 Å². The van der Waals surface area contributed by atoms with Gasteiger partial charge in [0.05, 0.1) is 0 Å². The smallest absolute Gasteiger partial charge is 0.179 e. The lowest BCUT2D eigenvalue weighted by Gasteiger charge is -2.43. The van der Waals surface area contributed by atoms with Crippen LogP contribution in [-0.4, -0.2) is 27.9 Å². The maximum Gasteiger partial charge on any atom is 0.179 e. The van der Waals surface area contributed by atoms with Crippen molar-refractivity contribution in [3.05, 3.63) is 29.3 Å². The molecule has 22 heavy (non-hydrogen) atoms. The molecule has 1 heterocycles. The van der Waals surface area contributed by atoms with Gasteiger partial charge in [0.2, 0.25) is 0 Å². The maximum atomic E-state index is 12.8. The second-order valence-electron chi connectivity index (χ2n) is 7.37. The Morgan fingerprint density at radius 3 is 2.05 bits per heavy atom. The van der Waals surface area contributed by atoms with E-state index in [1.165, 1.54) is 0 Å². The summed E-state index contributed by atoms with van der Waals surface area (Å²) in [7, 11) is 0. The first-order chi connectivity index (χ1) is 10.1. The third-order valence-corrected chi connectivity index (χ3v) is 4.62. The van der Waals surface area contributed by atoms with Gasteiger partial charge in [-0.05, 0) is 69.7 Å². The highest BCUT2D eigenvalue weighted by Gasteiger charge is 2.53. The second-order valence-corrected chi connectivity index (χ2v) is 7.37. The number of ketones is 2. The van der Waals surface area contributed by atoms with E-state index in [1.807, 2.05) is 6.07 Å². The zero-order valence-corrected chi connectivity index (χ0v) is 13.5. The van der Waals surface area contributed by atoms with Crippen molar-refractivity contribution in [3.63, 3.8) is 0 Å². The van der Waals surface area contributed by atoms with Crippen molar-refractivity contribution in [2.75, 3.05) is 0 Å². The molecule has 0 amide bonds. The molecule has 1 N–H and O–H groups in total. The van der Waals surface area contributed by atoms with Gasteiger partial charge < -0.3 is 9.84 Å². The van der Waals surface area contributed by atoms with Crippen molar-refractivity contribution in [3.8, 4) is 5.75 Å². The van der Waals surface area contributed by atoms with Crippen LogP contribution in [0, 0.1) is 0 Å². The molecule has 2 fully saturated rings. The highest BCUT2D eigenvalue weighted by atomic mass is 16.5. The third-order valence-electron chi connectivity index (χ3n) is 4.62. The number of phenols is 1. The zero-order chi connectivity index (χ0) is 16.3. The number of hydrogen-bond acceptors (Lipinski definition) is 4. The fourth-order valence-electron chi connectivity index (χ4n) is 3.41. The monoisotopic (exact) mass is 302 g/mol. The Morgan fingerprint density at radius 2 is 1.55 bits per heavy atom. The average molecular weight is 302 g/mol. The standard InChI is InChI=1S/C18H22O4/c1-17(2)15(20)14(16(21)18(3,4)22-17)13-9-11(19)7-8-12(13)10-5-6-10/h7-10,14,19H,5-6H2,1-4H3. The molecule has 1 aliphatic carbocycles. The van der Waals surface area contributed by atoms with Crippen LogP contribution in [0.1, 0.15) is 63.5 Å². The van der Waals surface area contributed by atoms with Gasteiger partial charge in [-0.1, -0.05) is 6.07 Å². The maximum absolute atomic E-state index is 12.8. The summed E-state index contributed by atoms with van der Waals surface area (Å²) in [5.74, 6) is -0.845. The van der Waals surface area contributed by atoms with Crippen LogP contribution in [-0.2, 0) is 14.3 Å². The number of ether oxygens (including phenoxy) is 1. The molecule has 4 heteroatoms. The molecule has 0 unspecified atom stereocenters. The molecule has 4 nitrogen and oxygen atoms in total. The minimum Gasteiger partial charge on any atom is -0.508 e. The van der Waals surface area contributed by atoms with Gasteiger partial charge in [0.25, 0.3) is 0 Å². The Bertz CT molecular complexity index is 627. The quantitative estimate of drug-likeness (QED) is 0.853. The van der Waals surface area contributed by atoms with Crippen molar-refractivity contribution >= 4 is 11.6 Å². The highest BCUT2D eigenvalue weighted by Crippen LogP contribution is 2.47. The molecule has 0 radical (unpaired) electrons. The van der Waals surface area contributed by atoms with Crippen LogP contribution in [0.3, 0.4) is 0 Å². The molecule has 118 valence electrons. The first-order valence-corrected chi connectivity index (χ1v) is 7.75. The first kappa shape index (κ1) is 15.2. The predicted molar refractivity (Wildman–Crippen MR) is 82.1 cm³/mol. The molecule has 1 aromatic carbocycles. The van der Waals surface area contributed by atoms with Crippen LogP contribution < -0.4 is 0 Å². The Kier molecular flexibility index (Phi) is 3.22. The molecular formula is C18H22O4. The number of carbonyl (C=O) groups excluding carboxylic acids is 2. The molecule has 1 aromatic rings. The number of hydrogen-bond donors (Lipinski definition) is 1. The number of aromatic hydroxyl groups is 1. The van der Waals surface area contributed by atoms with Crippen LogP contribution >= 0.6 is 0 Å². The summed E-state index contributed by atoms with van der Waals surface area (Å²) in [5, 5.41) is 9.85. The summed E-state index contributed by atoms with van der Waals surface area (Å²) in [5.41, 5.74) is -0.372. The van der Waals surface area contributed by atoms with Gasteiger partial charge in [0.1, 0.15) is 22.9 Å². The lowest BCUT2D eigenvalue weighted by molar-refractivity contribution is -0.184. The SMILES string of the molecule is CC1(C)OC(C)(C)C(=O)C(c2cc(O)ccc2C2CC2)C1=O. The Labute approximate surface area is 130 Å². The number of benzene rings is 1. The third kappa shape index (κ3) is 2.35. The molecule has 2 aliphatic rings. The van der Waals surface area contributed by atoms with Crippen LogP contribution in [0.4, 0.5) is 0 Å². The summed E-state index contributed by atoms with van der Waals surface area (Å²) in [6.07, 6.45) is 2.13. The second kappa shape index (κ2) is 4.66. The van der Waals surface area contributed by atoms with E-state index in [0.29, 0.717) is 11.5 Å². The van der Waals surface area contributed by atoms with E-state index in [-0.39, 0.29) is 17.3 Å². The minimum absolute atomic E-state index is 0.0853. The van der Waals surface area contributed by atoms with E-state index in [0.717, 1.165) is 18.4 Å². The summed E-state index contributed by atoms with van der Waals surface area (Å²) in [4.78, 5) is 25.6. The Hall–Kier alpha value is -1.68. The van der Waals surface area contributed by atoms with Crippen LogP contribution in [0.25, 0.3) is 0 Å². The fraction of sp³-hybridized carbons (Fsp3) is 0.556. The predicted octanol–water partition coefficient (Wildman–Crippen LogP) is 3.08. The zero-order valence-electron chi connectivity index (χ0n) is 13.5. The van der Waals surface area contributed by atoms with Gasteiger partial charge in [0.15, 0.2) is 11.6 Å². The lowest BCUT2D eigenvalue weighted by Crippen LogP contribution is -2.58. The van der Waals surface area contributed by atoms with Crippen molar-refractivity contribution in [1.29, 1.82) is 0 Å². The molecule has 0 bridgehead atoms. The average Bonchev–Trinajstić information content (AvgIpc) is 3.21. The van der Waals surface area contributed by atoms with Crippen molar-refractivity contribution in [2.45, 2.75) is 63.6 Å².